The number of amides is 1. The molecule has 3 aromatic rings. The van der Waals surface area contributed by atoms with E-state index in [1.807, 2.05) is 25.1 Å². The molecule has 1 aliphatic rings. The van der Waals surface area contributed by atoms with Gasteiger partial charge in [0, 0.05) is 49.8 Å². The summed E-state index contributed by atoms with van der Waals surface area (Å²) in [6.45, 7) is 7.12. The van der Waals surface area contributed by atoms with E-state index in [4.69, 9.17) is 9.72 Å². The minimum Gasteiger partial charge on any atom is -0.379 e. The van der Waals surface area contributed by atoms with Crippen molar-refractivity contribution in [1.29, 1.82) is 0 Å². The van der Waals surface area contributed by atoms with E-state index in [0.29, 0.717) is 23.8 Å². The van der Waals surface area contributed by atoms with E-state index in [0.717, 1.165) is 66.8 Å². The molecule has 1 aliphatic heterocycles. The van der Waals surface area contributed by atoms with Crippen molar-refractivity contribution in [2.45, 2.75) is 31.1 Å². The quantitative estimate of drug-likeness (QED) is 0.309. The van der Waals surface area contributed by atoms with Gasteiger partial charge in [0.15, 0.2) is 5.13 Å². The van der Waals surface area contributed by atoms with E-state index in [2.05, 4.69) is 20.8 Å². The van der Waals surface area contributed by atoms with Crippen LogP contribution in [0.2, 0.25) is 0 Å². The lowest BCUT2D eigenvalue weighted by Crippen LogP contribution is -2.39. The van der Waals surface area contributed by atoms with Crippen molar-refractivity contribution in [3.63, 3.8) is 0 Å². The Kier molecular flexibility index (Phi) is 9.71. The van der Waals surface area contributed by atoms with Gasteiger partial charge in [-0.3, -0.25) is 14.6 Å². The number of sulfonamides is 1. The van der Waals surface area contributed by atoms with Crippen LogP contribution < -0.4 is 4.90 Å². The number of aromatic nitrogens is 1. The van der Waals surface area contributed by atoms with E-state index in [1.54, 1.807) is 24.1 Å². The summed E-state index contributed by atoms with van der Waals surface area (Å²) < 4.78 is 34.6. The number of carbonyl (C=O) groups is 1. The predicted molar refractivity (Wildman–Crippen MR) is 152 cm³/mol. The molecule has 200 valence electrons. The van der Waals surface area contributed by atoms with E-state index in [9.17, 15) is 13.2 Å². The summed E-state index contributed by atoms with van der Waals surface area (Å²) in [5, 5.41) is 0.635. The lowest BCUT2D eigenvalue weighted by molar-refractivity contribution is 0.0376. The van der Waals surface area contributed by atoms with Gasteiger partial charge in [0.1, 0.15) is 0 Å². The fraction of sp³-hybridized carbons (Fsp3) is 0.462. The zero-order valence-corrected chi connectivity index (χ0v) is 24.4. The highest BCUT2D eigenvalue weighted by Crippen LogP contribution is 2.32. The van der Waals surface area contributed by atoms with Crippen molar-refractivity contribution in [2.75, 3.05) is 57.9 Å². The molecule has 1 fully saturated rings. The number of nitrogens with zero attached hydrogens (tertiary/aromatic N) is 4. The van der Waals surface area contributed by atoms with E-state index < -0.39 is 10.0 Å². The van der Waals surface area contributed by atoms with E-state index in [-0.39, 0.29) is 10.8 Å². The van der Waals surface area contributed by atoms with Gasteiger partial charge in [0.2, 0.25) is 10.0 Å². The molecule has 8 nitrogen and oxygen atoms in total. The maximum absolute atomic E-state index is 13.7. The van der Waals surface area contributed by atoms with Crippen LogP contribution in [0.1, 0.15) is 36.5 Å². The van der Waals surface area contributed by atoms with Gasteiger partial charge in [-0.05, 0) is 55.3 Å². The molecule has 0 aliphatic carbocycles. The Morgan fingerprint density at radius 3 is 2.54 bits per heavy atom. The number of halogens is 1. The third-order valence-corrected chi connectivity index (χ3v) is 9.82. The van der Waals surface area contributed by atoms with Crippen LogP contribution in [0.15, 0.2) is 51.8 Å². The number of carbonyl (C=O) groups excluding carboxylic acids is 1. The Hall–Kier alpha value is -1.89. The summed E-state index contributed by atoms with van der Waals surface area (Å²) in [7, 11) is -2.01. The first-order chi connectivity index (χ1) is 17.8. The Bertz CT molecular complexity index is 1310. The number of morpholine rings is 1. The molecule has 0 bridgehead atoms. The molecular weight excluding hydrogens is 576 g/mol. The lowest BCUT2D eigenvalue weighted by Gasteiger charge is -2.27. The molecular formula is C26H33BrN4O4S2. The average molecular weight is 610 g/mol. The van der Waals surface area contributed by atoms with Crippen LogP contribution in [0.25, 0.3) is 10.2 Å². The number of anilines is 1. The fourth-order valence-corrected chi connectivity index (χ4v) is 6.92. The molecule has 0 atom stereocenters. The van der Waals surface area contributed by atoms with E-state index >= 15 is 0 Å². The molecule has 0 radical (unpaired) electrons. The summed E-state index contributed by atoms with van der Waals surface area (Å²) in [4.78, 5) is 22.7. The Labute approximate surface area is 231 Å². The van der Waals surface area contributed by atoms with Crippen LogP contribution in [-0.4, -0.2) is 81.5 Å². The summed E-state index contributed by atoms with van der Waals surface area (Å²) >= 11 is 4.98. The van der Waals surface area contributed by atoms with Gasteiger partial charge in [-0.2, -0.15) is 0 Å². The van der Waals surface area contributed by atoms with Crippen LogP contribution in [-0.2, 0) is 14.8 Å². The summed E-state index contributed by atoms with van der Waals surface area (Å²) in [5.41, 5.74) is 1.27. The summed E-state index contributed by atoms with van der Waals surface area (Å²) in [5.74, 6) is -0.191. The smallest absolute Gasteiger partial charge is 0.260 e. The minimum atomic E-state index is -3.60. The maximum Gasteiger partial charge on any atom is 0.260 e. The molecule has 1 aromatic heterocycles. The minimum absolute atomic E-state index is 0.186. The number of fused-ring (bicyclic) bond motifs is 1. The topological polar surface area (TPSA) is 83.1 Å². The second-order valence-electron chi connectivity index (χ2n) is 9.08. The van der Waals surface area contributed by atoms with Crippen LogP contribution in [0.4, 0.5) is 5.13 Å². The molecule has 0 saturated carbocycles. The normalized spacial score (nSPS) is 14.9. The van der Waals surface area contributed by atoms with Crippen LogP contribution in [0.5, 0.6) is 0 Å². The Balaban J connectivity index is 1.55. The molecule has 0 spiro atoms. The number of ether oxygens (including phenoxy) is 1. The van der Waals surface area contributed by atoms with Gasteiger partial charge >= 0.3 is 0 Å². The monoisotopic (exact) mass is 608 g/mol. The number of hydrogen-bond acceptors (Lipinski definition) is 7. The Morgan fingerprint density at radius 2 is 1.84 bits per heavy atom. The summed E-state index contributed by atoms with van der Waals surface area (Å²) in [6.07, 6.45) is 2.50. The first kappa shape index (κ1) is 28.1. The number of hydrogen-bond donors (Lipinski definition) is 0. The van der Waals surface area contributed by atoms with Crippen molar-refractivity contribution in [2.24, 2.45) is 0 Å². The maximum atomic E-state index is 13.7. The van der Waals surface area contributed by atoms with Gasteiger partial charge in [-0.1, -0.05) is 40.6 Å². The molecule has 11 heteroatoms. The van der Waals surface area contributed by atoms with Gasteiger partial charge < -0.3 is 4.74 Å². The van der Waals surface area contributed by atoms with Crippen molar-refractivity contribution in [3.05, 3.63) is 52.5 Å². The zero-order chi connectivity index (χ0) is 26.4. The van der Waals surface area contributed by atoms with Gasteiger partial charge in [0.05, 0.1) is 28.3 Å². The van der Waals surface area contributed by atoms with Crippen LogP contribution >= 0.6 is 27.3 Å². The highest BCUT2D eigenvalue weighted by atomic mass is 79.9. The SMILES string of the molecule is CCCCN(C)S(=O)(=O)c1ccc(C(=O)N(CCCN2CCOCC2)c2nc3ccc(Br)cc3s2)cc1. The zero-order valence-electron chi connectivity index (χ0n) is 21.2. The van der Waals surface area contributed by atoms with Crippen molar-refractivity contribution in [3.8, 4) is 0 Å². The van der Waals surface area contributed by atoms with E-state index in [1.165, 1.54) is 27.8 Å². The Morgan fingerprint density at radius 1 is 1.11 bits per heavy atom. The first-order valence-electron chi connectivity index (χ1n) is 12.5. The number of unbranched alkanes of at least 4 members (excludes halogenated alkanes) is 1. The third kappa shape index (κ3) is 6.96. The summed E-state index contributed by atoms with van der Waals surface area (Å²) in [6, 6.07) is 12.1. The average Bonchev–Trinajstić information content (AvgIpc) is 3.32. The fourth-order valence-electron chi connectivity index (χ4n) is 4.17. The molecule has 0 unspecified atom stereocenters. The third-order valence-electron chi connectivity index (χ3n) is 6.41. The standard InChI is InChI=1S/C26H33BrN4O4S2/c1-3-4-12-29(2)37(33,34)22-9-6-20(7-10-22)25(32)31(14-5-13-30-15-17-35-18-16-30)26-28-23-11-8-21(27)19-24(23)36-26/h6-11,19H,3-5,12-18H2,1-2H3. The second kappa shape index (κ2) is 12.8. The first-order valence-corrected chi connectivity index (χ1v) is 15.6. The predicted octanol–water partition coefficient (Wildman–Crippen LogP) is 4.85. The largest absolute Gasteiger partial charge is 0.379 e. The van der Waals surface area contributed by atoms with Gasteiger partial charge in [-0.25, -0.2) is 17.7 Å². The van der Waals surface area contributed by atoms with Crippen molar-refractivity contribution < 1.29 is 17.9 Å². The highest BCUT2D eigenvalue weighted by Gasteiger charge is 2.24. The molecule has 1 amide bonds. The lowest BCUT2D eigenvalue weighted by atomic mass is 10.2. The van der Waals surface area contributed by atoms with Crippen LogP contribution in [0, 0.1) is 0 Å². The van der Waals surface area contributed by atoms with Gasteiger partial charge in [-0.15, -0.1) is 0 Å². The molecule has 0 N–H and O–H groups in total. The molecule has 2 heterocycles. The highest BCUT2D eigenvalue weighted by molar-refractivity contribution is 9.10. The number of rotatable bonds is 11. The number of benzene rings is 2. The van der Waals surface area contributed by atoms with Gasteiger partial charge in [0.25, 0.3) is 5.91 Å². The van der Waals surface area contributed by atoms with Crippen molar-refractivity contribution >= 4 is 58.5 Å². The second-order valence-corrected chi connectivity index (χ2v) is 13.0. The molecule has 37 heavy (non-hydrogen) atoms. The molecule has 2 aromatic carbocycles. The van der Waals surface area contributed by atoms with Crippen LogP contribution in [0.3, 0.4) is 0 Å². The number of thiazole rings is 1. The molecule has 4 rings (SSSR count). The molecule has 1 saturated heterocycles. The van der Waals surface area contributed by atoms with Crippen molar-refractivity contribution in [1.82, 2.24) is 14.2 Å².